The Hall–Kier alpha value is -1.10. The molecule has 0 aliphatic rings. The maximum Gasteiger partial charge on any atom is 0.349 e. The topological polar surface area (TPSA) is 72.8 Å². The van der Waals surface area contributed by atoms with Crippen LogP contribution in [0, 0.1) is 5.92 Å². The van der Waals surface area contributed by atoms with E-state index in [-0.39, 0.29) is 12.3 Å². The maximum atomic E-state index is 11.8. The number of carbonyl (C=O) groups excluding carboxylic acids is 2. The molecular formula is C18H34O5. The molecule has 0 radical (unpaired) electrons. The highest BCUT2D eigenvalue weighted by Crippen LogP contribution is 2.14. The summed E-state index contributed by atoms with van der Waals surface area (Å²) in [5.41, 5.74) is 0. The molecule has 0 saturated carbocycles. The van der Waals surface area contributed by atoms with Gasteiger partial charge in [-0.3, -0.25) is 4.79 Å². The van der Waals surface area contributed by atoms with E-state index in [1.807, 2.05) is 0 Å². The fourth-order valence-corrected chi connectivity index (χ4v) is 2.33. The molecule has 0 aromatic carbocycles. The zero-order valence-electron chi connectivity index (χ0n) is 15.2. The molecule has 0 unspecified atom stereocenters. The molecule has 0 aromatic heterocycles. The lowest BCUT2D eigenvalue weighted by Crippen LogP contribution is -2.41. The molecule has 0 aromatic rings. The lowest BCUT2D eigenvalue weighted by atomic mass is 10.0. The first-order valence-corrected chi connectivity index (χ1v) is 8.89. The third-order valence-electron chi connectivity index (χ3n) is 3.92. The Morgan fingerprint density at radius 3 is 1.96 bits per heavy atom. The normalized spacial score (nSPS) is 13.7. The Bertz CT molecular complexity index is 327. The molecule has 0 spiro atoms. The molecule has 0 aliphatic heterocycles. The SMILES string of the molecule is CCCCCCCCCCC(=O)O[C@@H](C(=O)OC)[C@H](O)C(C)C. The molecule has 0 heterocycles. The monoisotopic (exact) mass is 330 g/mol. The number of esters is 2. The van der Waals surface area contributed by atoms with Gasteiger partial charge in [0.15, 0.2) is 0 Å². The summed E-state index contributed by atoms with van der Waals surface area (Å²) in [4.78, 5) is 23.5. The number of methoxy groups -OCH3 is 1. The van der Waals surface area contributed by atoms with E-state index >= 15 is 0 Å². The summed E-state index contributed by atoms with van der Waals surface area (Å²) in [5, 5.41) is 9.97. The van der Waals surface area contributed by atoms with Crippen LogP contribution in [0.4, 0.5) is 0 Å². The van der Waals surface area contributed by atoms with Crippen LogP contribution in [0.1, 0.15) is 78.6 Å². The first-order chi connectivity index (χ1) is 10.9. The summed E-state index contributed by atoms with van der Waals surface area (Å²) in [7, 11) is 1.22. The molecule has 0 aliphatic carbocycles. The Kier molecular flexibility index (Phi) is 12.7. The van der Waals surface area contributed by atoms with Gasteiger partial charge in [-0.1, -0.05) is 65.7 Å². The van der Waals surface area contributed by atoms with Gasteiger partial charge in [-0.05, 0) is 12.3 Å². The van der Waals surface area contributed by atoms with Gasteiger partial charge in [-0.15, -0.1) is 0 Å². The highest BCUT2D eigenvalue weighted by Gasteiger charge is 2.33. The average Bonchev–Trinajstić information content (AvgIpc) is 2.53. The number of unbranched alkanes of at least 4 members (excludes halogenated alkanes) is 7. The van der Waals surface area contributed by atoms with Crippen LogP contribution in [-0.2, 0) is 19.1 Å². The number of rotatable bonds is 13. The minimum absolute atomic E-state index is 0.199. The zero-order chi connectivity index (χ0) is 17.7. The molecule has 0 saturated heterocycles. The van der Waals surface area contributed by atoms with Crippen molar-refractivity contribution in [3.63, 3.8) is 0 Å². The molecule has 0 amide bonds. The number of hydrogen-bond donors (Lipinski definition) is 1. The van der Waals surface area contributed by atoms with Gasteiger partial charge in [0.2, 0.25) is 6.10 Å². The van der Waals surface area contributed by atoms with Gasteiger partial charge in [0.25, 0.3) is 0 Å². The van der Waals surface area contributed by atoms with Crippen molar-refractivity contribution in [2.45, 2.75) is 90.8 Å². The summed E-state index contributed by atoms with van der Waals surface area (Å²) in [6, 6.07) is 0. The Labute approximate surface area is 140 Å². The van der Waals surface area contributed by atoms with E-state index in [1.54, 1.807) is 13.8 Å². The van der Waals surface area contributed by atoms with Crippen LogP contribution in [0.15, 0.2) is 0 Å². The first kappa shape index (κ1) is 21.9. The standard InChI is InChI=1S/C18H34O5/c1-5-6-7-8-9-10-11-12-13-15(19)23-17(18(21)22-4)16(20)14(2)3/h14,16-17,20H,5-13H2,1-4H3/t16-,17-/m1/s1. The molecule has 1 N–H and O–H groups in total. The predicted molar refractivity (Wildman–Crippen MR) is 90.0 cm³/mol. The van der Waals surface area contributed by atoms with E-state index in [2.05, 4.69) is 11.7 Å². The smallest absolute Gasteiger partial charge is 0.349 e. The molecule has 5 heteroatoms. The van der Waals surface area contributed by atoms with Crippen molar-refractivity contribution in [2.75, 3.05) is 7.11 Å². The maximum absolute atomic E-state index is 11.8. The van der Waals surface area contributed by atoms with E-state index in [1.165, 1.54) is 39.2 Å². The van der Waals surface area contributed by atoms with Gasteiger partial charge >= 0.3 is 11.9 Å². The summed E-state index contributed by atoms with van der Waals surface area (Å²) in [6.07, 6.45) is 7.11. The summed E-state index contributed by atoms with van der Waals surface area (Å²) in [6.45, 7) is 5.71. The van der Waals surface area contributed by atoms with Crippen LogP contribution in [0.3, 0.4) is 0 Å². The van der Waals surface area contributed by atoms with Gasteiger partial charge in [0.05, 0.1) is 7.11 Å². The minimum Gasteiger partial charge on any atom is -0.466 e. The number of aliphatic hydroxyl groups excluding tert-OH is 1. The molecular weight excluding hydrogens is 296 g/mol. The number of hydrogen-bond acceptors (Lipinski definition) is 5. The average molecular weight is 330 g/mol. The van der Waals surface area contributed by atoms with Gasteiger partial charge in [-0.2, -0.15) is 0 Å². The summed E-state index contributed by atoms with van der Waals surface area (Å²) < 4.78 is 9.72. The van der Waals surface area contributed by atoms with Crippen molar-refractivity contribution < 1.29 is 24.2 Å². The highest BCUT2D eigenvalue weighted by atomic mass is 16.6. The number of aliphatic hydroxyl groups is 1. The van der Waals surface area contributed by atoms with Gasteiger partial charge < -0.3 is 14.6 Å². The van der Waals surface area contributed by atoms with Gasteiger partial charge in [0, 0.05) is 6.42 Å². The fraction of sp³-hybridized carbons (Fsp3) is 0.889. The van der Waals surface area contributed by atoms with E-state index in [4.69, 9.17) is 4.74 Å². The highest BCUT2D eigenvalue weighted by molar-refractivity contribution is 5.79. The second kappa shape index (κ2) is 13.3. The van der Waals surface area contributed by atoms with Crippen molar-refractivity contribution in [3.05, 3.63) is 0 Å². The second-order valence-electron chi connectivity index (χ2n) is 6.39. The third kappa shape index (κ3) is 10.3. The summed E-state index contributed by atoms with van der Waals surface area (Å²) in [5.74, 6) is -1.36. The van der Waals surface area contributed by atoms with Crippen LogP contribution in [-0.4, -0.2) is 36.4 Å². The van der Waals surface area contributed by atoms with E-state index in [0.717, 1.165) is 19.3 Å². The Morgan fingerprint density at radius 1 is 0.957 bits per heavy atom. The van der Waals surface area contributed by atoms with Crippen molar-refractivity contribution in [2.24, 2.45) is 5.92 Å². The Morgan fingerprint density at radius 2 is 1.48 bits per heavy atom. The van der Waals surface area contributed by atoms with E-state index < -0.39 is 24.1 Å². The van der Waals surface area contributed by atoms with Crippen molar-refractivity contribution >= 4 is 11.9 Å². The quantitative estimate of drug-likeness (QED) is 0.412. The molecule has 0 bridgehead atoms. The zero-order valence-corrected chi connectivity index (χ0v) is 15.2. The number of ether oxygens (including phenoxy) is 2. The van der Waals surface area contributed by atoms with Crippen LogP contribution < -0.4 is 0 Å². The van der Waals surface area contributed by atoms with Crippen molar-refractivity contribution in [1.29, 1.82) is 0 Å². The molecule has 23 heavy (non-hydrogen) atoms. The summed E-state index contributed by atoms with van der Waals surface area (Å²) >= 11 is 0. The molecule has 5 nitrogen and oxygen atoms in total. The first-order valence-electron chi connectivity index (χ1n) is 8.89. The molecule has 0 rings (SSSR count). The number of carbonyl (C=O) groups is 2. The fourth-order valence-electron chi connectivity index (χ4n) is 2.33. The molecule has 2 atom stereocenters. The van der Waals surface area contributed by atoms with Crippen LogP contribution in [0.2, 0.25) is 0 Å². The molecule has 0 fully saturated rings. The van der Waals surface area contributed by atoms with Gasteiger partial charge in [-0.25, -0.2) is 4.79 Å². The van der Waals surface area contributed by atoms with Crippen molar-refractivity contribution in [3.8, 4) is 0 Å². The Balaban J connectivity index is 3.98. The van der Waals surface area contributed by atoms with Gasteiger partial charge in [0.1, 0.15) is 6.10 Å². The van der Waals surface area contributed by atoms with Crippen molar-refractivity contribution in [1.82, 2.24) is 0 Å². The van der Waals surface area contributed by atoms with E-state index in [0.29, 0.717) is 0 Å². The van der Waals surface area contributed by atoms with Crippen LogP contribution in [0.5, 0.6) is 0 Å². The lowest BCUT2D eigenvalue weighted by Gasteiger charge is -2.23. The van der Waals surface area contributed by atoms with Crippen LogP contribution >= 0.6 is 0 Å². The minimum atomic E-state index is -1.23. The second-order valence-corrected chi connectivity index (χ2v) is 6.39. The largest absolute Gasteiger partial charge is 0.466 e. The molecule has 136 valence electrons. The van der Waals surface area contributed by atoms with E-state index in [9.17, 15) is 14.7 Å². The lowest BCUT2D eigenvalue weighted by molar-refractivity contribution is -0.176. The predicted octanol–water partition coefficient (Wildman–Crippen LogP) is 3.62. The third-order valence-corrected chi connectivity index (χ3v) is 3.92. The van der Waals surface area contributed by atoms with Crippen LogP contribution in [0.25, 0.3) is 0 Å².